The highest BCUT2D eigenvalue weighted by molar-refractivity contribution is 5.83. The van der Waals surface area contributed by atoms with Crippen LogP contribution in [0.5, 0.6) is 0 Å². The summed E-state index contributed by atoms with van der Waals surface area (Å²) < 4.78 is 0. The van der Waals surface area contributed by atoms with E-state index in [0.29, 0.717) is 13.0 Å². The Labute approximate surface area is 134 Å². The van der Waals surface area contributed by atoms with Crippen molar-refractivity contribution in [1.29, 1.82) is 0 Å². The van der Waals surface area contributed by atoms with Crippen LogP contribution in [0.3, 0.4) is 0 Å². The molecule has 7 heteroatoms. The molecule has 1 saturated heterocycles. The van der Waals surface area contributed by atoms with Crippen LogP contribution in [0.15, 0.2) is 24.5 Å². The Morgan fingerprint density at radius 2 is 2.09 bits per heavy atom. The van der Waals surface area contributed by atoms with E-state index in [2.05, 4.69) is 10.3 Å². The van der Waals surface area contributed by atoms with Crippen LogP contribution < -0.4 is 5.32 Å². The molecule has 0 unspecified atom stereocenters. The van der Waals surface area contributed by atoms with Gasteiger partial charge >= 0.3 is 5.97 Å². The number of rotatable bonds is 5. The normalized spacial score (nSPS) is 20.8. The van der Waals surface area contributed by atoms with Gasteiger partial charge in [-0.2, -0.15) is 0 Å². The minimum Gasteiger partial charge on any atom is -0.481 e. The molecule has 1 fully saturated rings. The number of pyridine rings is 1. The molecule has 0 saturated carbocycles. The van der Waals surface area contributed by atoms with Gasteiger partial charge in [0.1, 0.15) is 0 Å². The standard InChI is InChI=1S/C16H21N3O4/c1-2-14(20)19-9-12(6-13(10-19)16(22)23)15(21)18-8-11-4-3-5-17-7-11/h3-5,7,12-13H,2,6,8-10H2,1H3,(H,18,21)(H,22,23)/t12-,13+/m1/s1. The van der Waals surface area contributed by atoms with E-state index in [1.165, 1.54) is 4.90 Å². The fourth-order valence-electron chi connectivity index (χ4n) is 2.73. The average molecular weight is 319 g/mol. The molecule has 2 amide bonds. The molecule has 2 heterocycles. The van der Waals surface area contributed by atoms with Crippen molar-refractivity contribution in [3.05, 3.63) is 30.1 Å². The maximum absolute atomic E-state index is 12.3. The summed E-state index contributed by atoms with van der Waals surface area (Å²) in [4.78, 5) is 40.9. The average Bonchev–Trinajstić information content (AvgIpc) is 2.59. The first-order chi connectivity index (χ1) is 11.0. The highest BCUT2D eigenvalue weighted by atomic mass is 16.4. The van der Waals surface area contributed by atoms with Crippen LogP contribution in [0.25, 0.3) is 0 Å². The van der Waals surface area contributed by atoms with Crippen molar-refractivity contribution in [2.24, 2.45) is 11.8 Å². The van der Waals surface area contributed by atoms with Gasteiger partial charge in [-0.15, -0.1) is 0 Å². The molecule has 2 rings (SSSR count). The molecule has 0 spiro atoms. The van der Waals surface area contributed by atoms with E-state index in [1.54, 1.807) is 25.4 Å². The first-order valence-electron chi connectivity index (χ1n) is 7.68. The summed E-state index contributed by atoms with van der Waals surface area (Å²) >= 11 is 0. The molecule has 23 heavy (non-hydrogen) atoms. The van der Waals surface area contributed by atoms with Crippen LogP contribution in [0.2, 0.25) is 0 Å². The summed E-state index contributed by atoms with van der Waals surface area (Å²) in [6.07, 6.45) is 3.87. The molecule has 1 aliphatic rings. The van der Waals surface area contributed by atoms with E-state index in [-0.39, 0.29) is 31.3 Å². The summed E-state index contributed by atoms with van der Waals surface area (Å²) in [5, 5.41) is 12.0. The zero-order chi connectivity index (χ0) is 16.8. The summed E-state index contributed by atoms with van der Waals surface area (Å²) in [7, 11) is 0. The molecule has 0 radical (unpaired) electrons. The van der Waals surface area contributed by atoms with Gasteiger partial charge in [0, 0.05) is 38.4 Å². The van der Waals surface area contributed by atoms with Crippen molar-refractivity contribution in [1.82, 2.24) is 15.2 Å². The lowest BCUT2D eigenvalue weighted by Gasteiger charge is -2.35. The third-order valence-corrected chi connectivity index (χ3v) is 4.02. The molecule has 0 aliphatic carbocycles. The summed E-state index contributed by atoms with van der Waals surface area (Å²) in [5.41, 5.74) is 0.868. The monoisotopic (exact) mass is 319 g/mol. The third kappa shape index (κ3) is 4.51. The smallest absolute Gasteiger partial charge is 0.308 e. The van der Waals surface area contributed by atoms with E-state index in [1.807, 2.05) is 6.07 Å². The molecule has 124 valence electrons. The number of aliphatic carboxylic acids is 1. The zero-order valence-corrected chi connectivity index (χ0v) is 13.1. The first kappa shape index (κ1) is 16.9. The highest BCUT2D eigenvalue weighted by Crippen LogP contribution is 2.23. The molecule has 7 nitrogen and oxygen atoms in total. The Morgan fingerprint density at radius 1 is 1.35 bits per heavy atom. The fourth-order valence-corrected chi connectivity index (χ4v) is 2.73. The number of aromatic nitrogens is 1. The van der Waals surface area contributed by atoms with Crippen molar-refractivity contribution in [3.8, 4) is 0 Å². The van der Waals surface area contributed by atoms with Gasteiger partial charge in [-0.25, -0.2) is 0 Å². The predicted octanol–water partition coefficient (Wildman–Crippen LogP) is 0.657. The van der Waals surface area contributed by atoms with Gasteiger partial charge in [0.15, 0.2) is 0 Å². The largest absolute Gasteiger partial charge is 0.481 e. The van der Waals surface area contributed by atoms with E-state index < -0.39 is 17.8 Å². The summed E-state index contributed by atoms with van der Waals surface area (Å²) in [5.74, 6) is -2.52. The Hall–Kier alpha value is -2.44. The highest BCUT2D eigenvalue weighted by Gasteiger charge is 2.36. The van der Waals surface area contributed by atoms with Crippen LogP contribution in [0, 0.1) is 11.8 Å². The predicted molar refractivity (Wildman–Crippen MR) is 82.2 cm³/mol. The topological polar surface area (TPSA) is 99.6 Å². The minimum atomic E-state index is -0.969. The Balaban J connectivity index is 1.99. The Bertz CT molecular complexity index is 576. The molecular formula is C16H21N3O4. The first-order valence-corrected chi connectivity index (χ1v) is 7.68. The van der Waals surface area contributed by atoms with E-state index in [0.717, 1.165) is 5.56 Å². The van der Waals surface area contributed by atoms with Crippen LogP contribution in [-0.4, -0.2) is 45.9 Å². The van der Waals surface area contributed by atoms with Gasteiger partial charge in [0.25, 0.3) is 0 Å². The van der Waals surface area contributed by atoms with Crippen LogP contribution in [0.4, 0.5) is 0 Å². The second-order valence-corrected chi connectivity index (χ2v) is 5.70. The van der Waals surface area contributed by atoms with Gasteiger partial charge in [-0.3, -0.25) is 19.4 Å². The van der Waals surface area contributed by atoms with Gasteiger partial charge in [0.05, 0.1) is 11.8 Å². The lowest BCUT2D eigenvalue weighted by atomic mass is 9.88. The third-order valence-electron chi connectivity index (χ3n) is 4.02. The zero-order valence-electron chi connectivity index (χ0n) is 13.1. The lowest BCUT2D eigenvalue weighted by Crippen LogP contribution is -2.50. The second kappa shape index (κ2) is 7.71. The van der Waals surface area contributed by atoms with Crippen molar-refractivity contribution in [2.75, 3.05) is 13.1 Å². The quantitative estimate of drug-likeness (QED) is 0.830. The molecule has 1 aromatic rings. The second-order valence-electron chi connectivity index (χ2n) is 5.70. The number of amides is 2. The number of carboxylic acid groups (broad SMARTS) is 1. The number of carboxylic acids is 1. The van der Waals surface area contributed by atoms with Crippen LogP contribution in [0.1, 0.15) is 25.3 Å². The number of nitrogens with one attached hydrogen (secondary N) is 1. The van der Waals surface area contributed by atoms with Gasteiger partial charge in [0.2, 0.25) is 11.8 Å². The number of carbonyl (C=O) groups is 3. The Morgan fingerprint density at radius 3 is 2.70 bits per heavy atom. The molecule has 1 aliphatic heterocycles. The van der Waals surface area contributed by atoms with Crippen molar-refractivity contribution < 1.29 is 19.5 Å². The summed E-state index contributed by atoms with van der Waals surface area (Å²) in [6, 6.07) is 3.63. The van der Waals surface area contributed by atoms with Crippen molar-refractivity contribution >= 4 is 17.8 Å². The molecular weight excluding hydrogens is 298 g/mol. The van der Waals surface area contributed by atoms with Crippen LogP contribution >= 0.6 is 0 Å². The SMILES string of the molecule is CCC(=O)N1C[C@@H](C(=O)O)C[C@@H](C(=O)NCc2cccnc2)C1. The number of nitrogens with zero attached hydrogens (tertiary/aromatic N) is 2. The molecule has 1 aromatic heterocycles. The molecule has 0 aromatic carbocycles. The molecule has 2 N–H and O–H groups in total. The molecule has 0 bridgehead atoms. The Kier molecular flexibility index (Phi) is 5.67. The minimum absolute atomic E-state index is 0.124. The lowest BCUT2D eigenvalue weighted by molar-refractivity contribution is -0.148. The summed E-state index contributed by atoms with van der Waals surface area (Å²) in [6.45, 7) is 2.51. The van der Waals surface area contributed by atoms with Gasteiger partial charge in [-0.1, -0.05) is 13.0 Å². The van der Waals surface area contributed by atoms with Gasteiger partial charge < -0.3 is 15.3 Å². The van der Waals surface area contributed by atoms with E-state index in [4.69, 9.17) is 0 Å². The van der Waals surface area contributed by atoms with Crippen molar-refractivity contribution in [2.45, 2.75) is 26.3 Å². The van der Waals surface area contributed by atoms with Crippen molar-refractivity contribution in [3.63, 3.8) is 0 Å². The number of likely N-dealkylation sites (tertiary alicyclic amines) is 1. The number of piperidine rings is 1. The number of carbonyl (C=O) groups excluding carboxylic acids is 2. The fraction of sp³-hybridized carbons (Fsp3) is 0.500. The van der Waals surface area contributed by atoms with Crippen LogP contribution in [-0.2, 0) is 20.9 Å². The molecule has 2 atom stereocenters. The van der Waals surface area contributed by atoms with E-state index in [9.17, 15) is 19.5 Å². The number of hydrogen-bond donors (Lipinski definition) is 2. The number of hydrogen-bond acceptors (Lipinski definition) is 4. The maximum atomic E-state index is 12.3. The van der Waals surface area contributed by atoms with E-state index >= 15 is 0 Å². The maximum Gasteiger partial charge on any atom is 0.308 e. The van der Waals surface area contributed by atoms with Gasteiger partial charge in [-0.05, 0) is 18.1 Å².